The molecule has 3 nitrogen and oxygen atoms in total. The van der Waals surface area contributed by atoms with Gasteiger partial charge in [0, 0.05) is 17.6 Å². The van der Waals surface area contributed by atoms with E-state index in [1.807, 2.05) is 43.5 Å². The van der Waals surface area contributed by atoms with Crippen molar-refractivity contribution in [2.45, 2.75) is 19.9 Å². The van der Waals surface area contributed by atoms with Crippen LogP contribution in [-0.4, -0.2) is 13.0 Å². The third-order valence-electron chi connectivity index (χ3n) is 3.04. The molecule has 4 heteroatoms. The molecule has 2 rings (SSSR count). The highest BCUT2D eigenvalue weighted by Gasteiger charge is 2.21. The molecule has 0 saturated carbocycles. The van der Waals surface area contributed by atoms with E-state index in [-0.39, 0.29) is 5.91 Å². The highest BCUT2D eigenvalue weighted by Crippen LogP contribution is 2.23. The highest BCUT2D eigenvalue weighted by molar-refractivity contribution is 7.10. The number of benzene rings is 1. The van der Waals surface area contributed by atoms with Crippen molar-refractivity contribution >= 4 is 22.9 Å². The van der Waals surface area contributed by atoms with Crippen LogP contribution in [0.3, 0.4) is 0 Å². The number of hydrogen-bond donors (Lipinski definition) is 1. The summed E-state index contributed by atoms with van der Waals surface area (Å²) in [6.45, 7) is 4.04. The standard InChI is InChI=1S/C15H18N2OS/c1-10-7-11(2)9-12(8-10)17(3)15(18)14(16)13-5-4-6-19-13/h4-9,14H,16H2,1-3H3. The number of nitrogens with zero attached hydrogens (tertiary/aromatic N) is 1. The Hall–Kier alpha value is -1.65. The van der Waals surface area contributed by atoms with Crippen LogP contribution in [-0.2, 0) is 4.79 Å². The molecule has 0 aliphatic rings. The Morgan fingerprint density at radius 3 is 2.42 bits per heavy atom. The van der Waals surface area contributed by atoms with E-state index in [0.29, 0.717) is 0 Å². The van der Waals surface area contributed by atoms with Gasteiger partial charge in [0.15, 0.2) is 0 Å². The summed E-state index contributed by atoms with van der Waals surface area (Å²) in [6.07, 6.45) is 0. The highest BCUT2D eigenvalue weighted by atomic mass is 32.1. The number of likely N-dealkylation sites (N-methyl/N-ethyl adjacent to an activating group) is 1. The summed E-state index contributed by atoms with van der Waals surface area (Å²) in [5, 5.41) is 1.93. The molecule has 2 N–H and O–H groups in total. The molecule has 0 bridgehead atoms. The fourth-order valence-electron chi connectivity index (χ4n) is 2.07. The zero-order valence-corrected chi connectivity index (χ0v) is 12.2. The molecule has 0 aliphatic carbocycles. The molecular weight excluding hydrogens is 256 g/mol. The minimum Gasteiger partial charge on any atom is -0.316 e. The van der Waals surface area contributed by atoms with Gasteiger partial charge in [-0.05, 0) is 48.6 Å². The lowest BCUT2D eigenvalue weighted by molar-refractivity contribution is -0.119. The summed E-state index contributed by atoms with van der Waals surface area (Å²) in [7, 11) is 1.77. The van der Waals surface area contributed by atoms with Crippen LogP contribution in [0.4, 0.5) is 5.69 Å². The SMILES string of the molecule is Cc1cc(C)cc(N(C)C(=O)C(N)c2cccs2)c1. The van der Waals surface area contributed by atoms with Gasteiger partial charge in [0.1, 0.15) is 6.04 Å². The lowest BCUT2D eigenvalue weighted by atomic mass is 10.1. The van der Waals surface area contributed by atoms with Gasteiger partial charge in [-0.2, -0.15) is 0 Å². The largest absolute Gasteiger partial charge is 0.316 e. The molecule has 0 aliphatic heterocycles. The number of amides is 1. The molecule has 2 aromatic rings. The Balaban J connectivity index is 2.23. The zero-order valence-electron chi connectivity index (χ0n) is 11.4. The van der Waals surface area contributed by atoms with E-state index >= 15 is 0 Å². The lowest BCUT2D eigenvalue weighted by Gasteiger charge is -2.21. The fraction of sp³-hybridized carbons (Fsp3) is 0.267. The topological polar surface area (TPSA) is 46.3 Å². The number of thiophene rings is 1. The van der Waals surface area contributed by atoms with Gasteiger partial charge in [-0.1, -0.05) is 12.1 Å². The van der Waals surface area contributed by atoms with Gasteiger partial charge in [-0.3, -0.25) is 4.79 Å². The summed E-state index contributed by atoms with van der Waals surface area (Å²) < 4.78 is 0. The van der Waals surface area contributed by atoms with E-state index < -0.39 is 6.04 Å². The van der Waals surface area contributed by atoms with Gasteiger partial charge in [0.25, 0.3) is 0 Å². The van der Waals surface area contributed by atoms with E-state index in [2.05, 4.69) is 6.07 Å². The quantitative estimate of drug-likeness (QED) is 0.935. The number of carbonyl (C=O) groups excluding carboxylic acids is 1. The first kappa shape index (κ1) is 13.8. The Morgan fingerprint density at radius 2 is 1.89 bits per heavy atom. The predicted molar refractivity (Wildman–Crippen MR) is 80.6 cm³/mol. The van der Waals surface area contributed by atoms with E-state index in [0.717, 1.165) is 21.7 Å². The fourth-order valence-corrected chi connectivity index (χ4v) is 2.79. The Bertz CT molecular complexity index is 558. The van der Waals surface area contributed by atoms with E-state index in [9.17, 15) is 4.79 Å². The molecule has 0 saturated heterocycles. The summed E-state index contributed by atoms with van der Waals surface area (Å²) in [5.74, 6) is -0.0903. The second kappa shape index (κ2) is 5.55. The molecule has 0 spiro atoms. The third kappa shape index (κ3) is 3.03. The lowest BCUT2D eigenvalue weighted by Crippen LogP contribution is -2.35. The van der Waals surface area contributed by atoms with Crippen LogP contribution in [0.1, 0.15) is 22.0 Å². The predicted octanol–water partition coefficient (Wildman–Crippen LogP) is 3.03. The molecule has 1 aromatic heterocycles. The van der Waals surface area contributed by atoms with Crippen LogP contribution in [0, 0.1) is 13.8 Å². The summed E-state index contributed by atoms with van der Waals surface area (Å²) >= 11 is 1.51. The average Bonchev–Trinajstić information content (AvgIpc) is 2.88. The Morgan fingerprint density at radius 1 is 1.26 bits per heavy atom. The molecule has 1 atom stereocenters. The number of aryl methyl sites for hydroxylation is 2. The van der Waals surface area contributed by atoms with Crippen LogP contribution in [0.15, 0.2) is 35.7 Å². The van der Waals surface area contributed by atoms with Gasteiger partial charge in [0.2, 0.25) is 5.91 Å². The molecule has 1 unspecified atom stereocenters. The number of anilines is 1. The van der Waals surface area contributed by atoms with E-state index in [1.54, 1.807) is 11.9 Å². The number of hydrogen-bond acceptors (Lipinski definition) is 3. The maximum Gasteiger partial charge on any atom is 0.249 e. The molecule has 100 valence electrons. The smallest absolute Gasteiger partial charge is 0.249 e. The van der Waals surface area contributed by atoms with Crippen molar-refractivity contribution in [3.05, 3.63) is 51.7 Å². The zero-order chi connectivity index (χ0) is 14.0. The number of nitrogens with two attached hydrogens (primary N) is 1. The first-order valence-electron chi connectivity index (χ1n) is 6.14. The molecule has 0 radical (unpaired) electrons. The molecule has 1 amide bonds. The Labute approximate surface area is 117 Å². The van der Waals surface area contributed by atoms with Crippen LogP contribution in [0.5, 0.6) is 0 Å². The Kier molecular flexibility index (Phi) is 4.02. The average molecular weight is 274 g/mol. The van der Waals surface area contributed by atoms with Gasteiger partial charge in [-0.25, -0.2) is 0 Å². The molecule has 1 aromatic carbocycles. The maximum absolute atomic E-state index is 12.4. The van der Waals surface area contributed by atoms with Crippen molar-refractivity contribution < 1.29 is 4.79 Å². The van der Waals surface area contributed by atoms with Crippen molar-refractivity contribution in [2.75, 3.05) is 11.9 Å². The number of carbonyl (C=O) groups is 1. The molecule has 19 heavy (non-hydrogen) atoms. The molecule has 1 heterocycles. The van der Waals surface area contributed by atoms with Crippen molar-refractivity contribution in [3.8, 4) is 0 Å². The molecule has 0 fully saturated rings. The summed E-state index contributed by atoms with van der Waals surface area (Å²) in [4.78, 5) is 14.9. The van der Waals surface area contributed by atoms with Gasteiger partial charge < -0.3 is 10.6 Å². The first-order valence-corrected chi connectivity index (χ1v) is 7.02. The van der Waals surface area contributed by atoms with Gasteiger partial charge in [-0.15, -0.1) is 11.3 Å². The second-order valence-electron chi connectivity index (χ2n) is 4.74. The third-order valence-corrected chi connectivity index (χ3v) is 4.00. The van der Waals surface area contributed by atoms with Crippen molar-refractivity contribution in [3.63, 3.8) is 0 Å². The minimum atomic E-state index is -0.592. The maximum atomic E-state index is 12.4. The van der Waals surface area contributed by atoms with Gasteiger partial charge >= 0.3 is 0 Å². The van der Waals surface area contributed by atoms with Crippen LogP contribution in [0.2, 0.25) is 0 Å². The molecular formula is C15H18N2OS. The van der Waals surface area contributed by atoms with Crippen molar-refractivity contribution in [1.82, 2.24) is 0 Å². The van der Waals surface area contributed by atoms with E-state index in [4.69, 9.17) is 5.73 Å². The van der Waals surface area contributed by atoms with Gasteiger partial charge in [0.05, 0.1) is 0 Å². The van der Waals surface area contributed by atoms with E-state index in [1.165, 1.54) is 11.3 Å². The first-order chi connectivity index (χ1) is 8.99. The number of rotatable bonds is 3. The monoisotopic (exact) mass is 274 g/mol. The normalized spacial score (nSPS) is 12.2. The second-order valence-corrected chi connectivity index (χ2v) is 5.72. The van der Waals surface area contributed by atoms with Crippen LogP contribution in [0.25, 0.3) is 0 Å². The minimum absolute atomic E-state index is 0.0903. The summed E-state index contributed by atoms with van der Waals surface area (Å²) in [5.41, 5.74) is 9.18. The van der Waals surface area contributed by atoms with Crippen LogP contribution >= 0.6 is 11.3 Å². The van der Waals surface area contributed by atoms with Crippen molar-refractivity contribution in [1.29, 1.82) is 0 Å². The van der Waals surface area contributed by atoms with Crippen LogP contribution < -0.4 is 10.6 Å². The van der Waals surface area contributed by atoms with Crippen molar-refractivity contribution in [2.24, 2.45) is 5.73 Å². The summed E-state index contributed by atoms with van der Waals surface area (Å²) in [6, 6.07) is 9.27.